The minimum absolute atomic E-state index is 0.736. The van der Waals surface area contributed by atoms with E-state index in [2.05, 4.69) is 6.92 Å². The van der Waals surface area contributed by atoms with Crippen LogP contribution in [0.4, 0.5) is 0 Å². The van der Waals surface area contributed by atoms with Crippen LogP contribution in [0.5, 0.6) is 11.5 Å². The molecule has 0 unspecified atom stereocenters. The van der Waals surface area contributed by atoms with Gasteiger partial charge in [-0.25, -0.2) is 0 Å². The highest BCUT2D eigenvalue weighted by atomic mass is 79.9. The molecule has 0 aromatic heterocycles. The van der Waals surface area contributed by atoms with E-state index in [-0.39, 0.29) is 0 Å². The zero-order valence-electron chi connectivity index (χ0n) is 8.37. The molecule has 1 aromatic rings. The van der Waals surface area contributed by atoms with Gasteiger partial charge in [0.05, 0.1) is 30.0 Å². The summed E-state index contributed by atoms with van der Waals surface area (Å²) in [5, 5.41) is 0. The number of methoxy groups -OCH3 is 1. The van der Waals surface area contributed by atoms with Crippen molar-refractivity contribution in [3.63, 3.8) is 0 Å². The summed E-state index contributed by atoms with van der Waals surface area (Å²) in [4.78, 5) is 0. The molecule has 0 saturated carbocycles. The fourth-order valence-corrected chi connectivity index (χ4v) is 0.950. The predicted octanol–water partition coefficient (Wildman–Crippen LogP) is 2.77. The van der Waals surface area contributed by atoms with Gasteiger partial charge in [0.25, 0.3) is 0 Å². The highest BCUT2D eigenvalue weighted by Crippen LogP contribution is 2.25. The van der Waals surface area contributed by atoms with Gasteiger partial charge < -0.3 is 13.7 Å². The van der Waals surface area contributed by atoms with Gasteiger partial charge in [0, 0.05) is 0 Å². The molecular formula is C10H15BrO3. The van der Waals surface area contributed by atoms with Gasteiger partial charge in [-0.15, -0.1) is 0 Å². The lowest BCUT2D eigenvalue weighted by atomic mass is 10.3. The molecule has 1 rings (SSSR count). The Morgan fingerprint density at radius 1 is 1.21 bits per heavy atom. The van der Waals surface area contributed by atoms with Crippen LogP contribution in [0.1, 0.15) is 13.3 Å². The summed E-state index contributed by atoms with van der Waals surface area (Å²) in [6.07, 6.45) is 1.01. The van der Waals surface area contributed by atoms with Crippen molar-refractivity contribution in [3.05, 3.63) is 24.3 Å². The molecule has 0 aliphatic rings. The Bertz CT molecular complexity index is 241. The molecule has 3 nitrogen and oxygen atoms in total. The maximum atomic E-state index is 6.81. The standard InChI is InChI=1S/C10H14O2.BrHO/c1-3-8-12-10-7-5-4-6-9(10)11-2;1-2/h4-7H,3,8H2,1-2H3;2H. The average Bonchev–Trinajstić information content (AvgIpc) is 2.29. The first-order valence-corrected chi connectivity index (χ1v) is 5.02. The SMILES string of the molecule is CCCOc1ccccc1OC.OBr. The molecule has 80 valence electrons. The number of benzene rings is 1. The van der Waals surface area contributed by atoms with E-state index in [0.29, 0.717) is 0 Å². The molecule has 0 aliphatic carbocycles. The lowest BCUT2D eigenvalue weighted by molar-refractivity contribution is 0.294. The molecule has 0 bridgehead atoms. The predicted molar refractivity (Wildman–Crippen MR) is 59.9 cm³/mol. The molecule has 0 aliphatic heterocycles. The van der Waals surface area contributed by atoms with Crippen molar-refractivity contribution in [1.29, 1.82) is 0 Å². The van der Waals surface area contributed by atoms with E-state index in [1.165, 1.54) is 0 Å². The molecule has 1 N–H and O–H groups in total. The summed E-state index contributed by atoms with van der Waals surface area (Å²) < 4.78 is 17.4. The van der Waals surface area contributed by atoms with Crippen LogP contribution in [0.2, 0.25) is 0 Å². The van der Waals surface area contributed by atoms with Crippen LogP contribution >= 0.6 is 16.3 Å². The second-order valence-corrected chi connectivity index (χ2v) is 2.50. The molecule has 0 saturated heterocycles. The topological polar surface area (TPSA) is 38.7 Å². The normalized spacial score (nSPS) is 8.57. The molecule has 1 aromatic carbocycles. The lowest BCUT2D eigenvalue weighted by Gasteiger charge is -2.08. The Kier molecular flexibility index (Phi) is 8.37. The largest absolute Gasteiger partial charge is 0.493 e. The Morgan fingerprint density at radius 2 is 1.79 bits per heavy atom. The van der Waals surface area contributed by atoms with Crippen molar-refractivity contribution in [3.8, 4) is 11.5 Å². The van der Waals surface area contributed by atoms with E-state index in [1.54, 1.807) is 7.11 Å². The maximum Gasteiger partial charge on any atom is 0.161 e. The van der Waals surface area contributed by atoms with Gasteiger partial charge in [0.2, 0.25) is 0 Å². The van der Waals surface area contributed by atoms with Gasteiger partial charge in [0.15, 0.2) is 11.5 Å². The zero-order chi connectivity index (χ0) is 10.8. The van der Waals surface area contributed by atoms with Gasteiger partial charge >= 0.3 is 0 Å². The Labute approximate surface area is 93.1 Å². The molecule has 0 atom stereocenters. The van der Waals surface area contributed by atoms with Gasteiger partial charge in [-0.3, -0.25) is 0 Å². The third-order valence-corrected chi connectivity index (χ3v) is 1.53. The van der Waals surface area contributed by atoms with Gasteiger partial charge in [-0.2, -0.15) is 0 Å². The van der Waals surface area contributed by atoms with Gasteiger partial charge in [0.1, 0.15) is 0 Å². The van der Waals surface area contributed by atoms with E-state index >= 15 is 0 Å². The molecule has 0 heterocycles. The summed E-state index contributed by atoms with van der Waals surface area (Å²) in [5.41, 5.74) is 0. The average molecular weight is 263 g/mol. The second kappa shape index (κ2) is 8.84. The number of rotatable bonds is 4. The van der Waals surface area contributed by atoms with Crippen LogP contribution in [0.3, 0.4) is 0 Å². The summed E-state index contributed by atoms with van der Waals surface area (Å²) in [5.74, 6) is 1.62. The molecule has 0 amide bonds. The Hall–Kier alpha value is -0.740. The van der Waals surface area contributed by atoms with Crippen LogP contribution in [-0.2, 0) is 0 Å². The van der Waals surface area contributed by atoms with E-state index in [0.717, 1.165) is 24.5 Å². The Morgan fingerprint density at radius 3 is 2.29 bits per heavy atom. The molecule has 0 radical (unpaired) electrons. The number of hydrogen-bond donors (Lipinski definition) is 1. The quantitative estimate of drug-likeness (QED) is 0.907. The van der Waals surface area contributed by atoms with Crippen LogP contribution in [-0.4, -0.2) is 17.9 Å². The monoisotopic (exact) mass is 262 g/mol. The van der Waals surface area contributed by atoms with Gasteiger partial charge in [-0.05, 0) is 18.6 Å². The van der Waals surface area contributed by atoms with Crippen LogP contribution in [0.25, 0.3) is 0 Å². The molecular weight excluding hydrogens is 248 g/mol. The number of para-hydroxylation sites is 2. The van der Waals surface area contributed by atoms with Crippen LogP contribution < -0.4 is 9.47 Å². The van der Waals surface area contributed by atoms with Crippen molar-refractivity contribution < 1.29 is 13.7 Å². The summed E-state index contributed by atoms with van der Waals surface area (Å²) in [6.45, 7) is 2.82. The maximum absolute atomic E-state index is 6.81. The van der Waals surface area contributed by atoms with Crippen molar-refractivity contribution >= 4 is 16.3 Å². The van der Waals surface area contributed by atoms with Crippen LogP contribution in [0, 0.1) is 0 Å². The molecule has 4 heteroatoms. The first kappa shape index (κ1) is 13.3. The van der Waals surface area contributed by atoms with E-state index < -0.39 is 0 Å². The highest BCUT2D eigenvalue weighted by Gasteiger charge is 1.99. The zero-order valence-corrected chi connectivity index (χ0v) is 9.95. The summed E-state index contributed by atoms with van der Waals surface area (Å²) in [6, 6.07) is 7.67. The number of halogens is 1. The van der Waals surface area contributed by atoms with Crippen molar-refractivity contribution in [1.82, 2.24) is 0 Å². The summed E-state index contributed by atoms with van der Waals surface area (Å²) >= 11 is 1.94. The van der Waals surface area contributed by atoms with E-state index in [1.807, 2.05) is 40.5 Å². The smallest absolute Gasteiger partial charge is 0.161 e. The van der Waals surface area contributed by atoms with E-state index in [4.69, 9.17) is 13.7 Å². The molecule has 0 spiro atoms. The number of hydrogen-bond acceptors (Lipinski definition) is 3. The molecule has 0 fully saturated rings. The third-order valence-electron chi connectivity index (χ3n) is 1.53. The Balaban J connectivity index is 0.000000791. The van der Waals surface area contributed by atoms with Gasteiger partial charge in [-0.1, -0.05) is 19.1 Å². The van der Waals surface area contributed by atoms with E-state index in [9.17, 15) is 0 Å². The second-order valence-electron chi connectivity index (χ2n) is 2.50. The fraction of sp³-hybridized carbons (Fsp3) is 0.400. The summed E-state index contributed by atoms with van der Waals surface area (Å²) in [7, 11) is 1.65. The van der Waals surface area contributed by atoms with Crippen molar-refractivity contribution in [2.24, 2.45) is 0 Å². The molecule has 14 heavy (non-hydrogen) atoms. The first-order valence-electron chi connectivity index (χ1n) is 4.31. The minimum atomic E-state index is 0.736. The third kappa shape index (κ3) is 4.48. The van der Waals surface area contributed by atoms with Crippen molar-refractivity contribution in [2.45, 2.75) is 13.3 Å². The minimum Gasteiger partial charge on any atom is -0.493 e. The van der Waals surface area contributed by atoms with Crippen molar-refractivity contribution in [2.75, 3.05) is 13.7 Å². The highest BCUT2D eigenvalue weighted by molar-refractivity contribution is 9.05. The fourth-order valence-electron chi connectivity index (χ4n) is 0.950. The first-order chi connectivity index (χ1) is 6.88. The number of ether oxygens (including phenoxy) is 2. The lowest BCUT2D eigenvalue weighted by Crippen LogP contribution is -1.96. The van der Waals surface area contributed by atoms with Crippen LogP contribution in [0.15, 0.2) is 24.3 Å².